The second-order valence-corrected chi connectivity index (χ2v) is 6.31. The van der Waals surface area contributed by atoms with E-state index in [1.54, 1.807) is 24.3 Å². The van der Waals surface area contributed by atoms with Crippen LogP contribution in [0.4, 0.5) is 5.69 Å². The van der Waals surface area contributed by atoms with Gasteiger partial charge in [-0.3, -0.25) is 20.6 Å². The number of rotatable bonds is 1. The molecular weight excluding hydrogens is 288 g/mol. The summed E-state index contributed by atoms with van der Waals surface area (Å²) in [5.41, 5.74) is 14.5. The molecule has 0 bridgehead atoms. The summed E-state index contributed by atoms with van der Waals surface area (Å²) in [5.74, 6) is 0.453. The van der Waals surface area contributed by atoms with Crippen molar-refractivity contribution < 1.29 is 4.79 Å². The summed E-state index contributed by atoms with van der Waals surface area (Å²) in [6, 6.07) is 14.9. The number of amides is 1. The first-order chi connectivity index (χ1) is 10.9. The van der Waals surface area contributed by atoms with Crippen molar-refractivity contribution >= 4 is 17.4 Å². The van der Waals surface area contributed by atoms with Gasteiger partial charge in [0.25, 0.3) is 5.91 Å². The second-order valence-electron chi connectivity index (χ2n) is 6.31. The number of hydrazine groups is 1. The molecule has 1 amide bonds. The largest absolute Gasteiger partial charge is 0.399 e. The number of fused-ring (bicyclic) bond motifs is 1. The molecule has 0 saturated carbocycles. The number of nitrogens with zero attached hydrogens (tertiary/aromatic N) is 1. The van der Waals surface area contributed by atoms with E-state index in [0.717, 1.165) is 12.0 Å². The molecule has 0 aliphatic carbocycles. The molecule has 4 N–H and O–H groups in total. The van der Waals surface area contributed by atoms with Gasteiger partial charge < -0.3 is 5.73 Å². The topological polar surface area (TPSA) is 79.5 Å². The zero-order valence-electron chi connectivity index (χ0n) is 13.3. The molecule has 0 aromatic heterocycles. The van der Waals surface area contributed by atoms with Gasteiger partial charge in [-0.2, -0.15) is 0 Å². The molecule has 2 aromatic carbocycles. The van der Waals surface area contributed by atoms with E-state index in [0.29, 0.717) is 17.1 Å². The number of nitrogen functional groups attached to an aromatic ring is 1. The van der Waals surface area contributed by atoms with Gasteiger partial charge >= 0.3 is 0 Å². The third-order valence-corrected chi connectivity index (χ3v) is 3.78. The molecule has 0 fully saturated rings. The van der Waals surface area contributed by atoms with Crippen molar-refractivity contribution in [3.8, 4) is 0 Å². The predicted octanol–water partition coefficient (Wildman–Crippen LogP) is 2.28. The highest BCUT2D eigenvalue weighted by molar-refractivity contribution is 6.03. The quantitative estimate of drug-likeness (QED) is 0.558. The maximum absolute atomic E-state index is 12.2. The summed E-state index contributed by atoms with van der Waals surface area (Å²) in [7, 11) is 0. The fraction of sp³-hybridized carbons (Fsp3) is 0.222. The molecule has 3 rings (SSSR count). The predicted molar refractivity (Wildman–Crippen MR) is 92.2 cm³/mol. The number of carbonyl (C=O) groups excluding carboxylic acids is 1. The Morgan fingerprint density at radius 3 is 2.57 bits per heavy atom. The number of amidine groups is 1. The Hall–Kier alpha value is -2.82. The van der Waals surface area contributed by atoms with Crippen LogP contribution in [0, 0.1) is 0 Å². The number of nitrogens with one attached hydrogen (secondary N) is 2. The van der Waals surface area contributed by atoms with Crippen LogP contribution in [0.3, 0.4) is 0 Å². The number of anilines is 1. The van der Waals surface area contributed by atoms with E-state index < -0.39 is 0 Å². The molecule has 23 heavy (non-hydrogen) atoms. The zero-order chi connectivity index (χ0) is 16.4. The van der Waals surface area contributed by atoms with Crippen LogP contribution in [0.25, 0.3) is 0 Å². The average molecular weight is 308 g/mol. The summed E-state index contributed by atoms with van der Waals surface area (Å²) < 4.78 is 0. The lowest BCUT2D eigenvalue weighted by molar-refractivity contribution is 0.0943. The number of aliphatic imine (C=N–C) groups is 1. The summed E-state index contributed by atoms with van der Waals surface area (Å²) >= 11 is 0. The molecule has 0 unspecified atom stereocenters. The third kappa shape index (κ3) is 3.34. The van der Waals surface area contributed by atoms with Gasteiger partial charge in [0.2, 0.25) is 0 Å². The molecule has 1 heterocycles. The highest BCUT2D eigenvalue weighted by Gasteiger charge is 2.26. The monoisotopic (exact) mass is 308 g/mol. The molecule has 0 radical (unpaired) electrons. The van der Waals surface area contributed by atoms with Gasteiger partial charge in [-0.1, -0.05) is 24.3 Å². The minimum atomic E-state index is -0.228. The lowest BCUT2D eigenvalue weighted by Gasteiger charge is -2.29. The molecule has 2 aromatic rings. The lowest BCUT2D eigenvalue weighted by atomic mass is 9.89. The van der Waals surface area contributed by atoms with E-state index in [2.05, 4.69) is 30.8 Å². The summed E-state index contributed by atoms with van der Waals surface area (Å²) in [5, 5.41) is 0. The van der Waals surface area contributed by atoms with E-state index in [1.807, 2.05) is 18.2 Å². The Morgan fingerprint density at radius 2 is 1.83 bits per heavy atom. The highest BCUT2D eigenvalue weighted by Crippen LogP contribution is 2.25. The van der Waals surface area contributed by atoms with Crippen LogP contribution in [0.15, 0.2) is 53.5 Å². The molecule has 0 spiro atoms. The SMILES string of the molecule is CC1(C)Cc2ccccc2C(NNC(=O)c2ccc(N)cc2)=N1. The van der Waals surface area contributed by atoms with Crippen LogP contribution in [0.2, 0.25) is 0 Å². The summed E-state index contributed by atoms with van der Waals surface area (Å²) in [6.07, 6.45) is 0.875. The van der Waals surface area contributed by atoms with Gasteiger partial charge in [0.05, 0.1) is 5.54 Å². The van der Waals surface area contributed by atoms with Crippen molar-refractivity contribution in [1.82, 2.24) is 10.9 Å². The van der Waals surface area contributed by atoms with Crippen LogP contribution in [-0.2, 0) is 6.42 Å². The minimum absolute atomic E-state index is 0.206. The van der Waals surface area contributed by atoms with E-state index >= 15 is 0 Å². The van der Waals surface area contributed by atoms with Crippen molar-refractivity contribution in [2.75, 3.05) is 5.73 Å². The Morgan fingerprint density at radius 1 is 1.13 bits per heavy atom. The van der Waals surface area contributed by atoms with Crippen LogP contribution in [0.5, 0.6) is 0 Å². The Kier molecular flexibility index (Phi) is 3.78. The Balaban J connectivity index is 1.77. The molecule has 118 valence electrons. The normalized spacial score (nSPS) is 15.3. The van der Waals surface area contributed by atoms with Gasteiger partial charge in [-0.25, -0.2) is 0 Å². The average Bonchev–Trinajstić information content (AvgIpc) is 2.52. The standard InChI is InChI=1S/C18H20N4O/c1-18(2)11-13-5-3-4-6-15(13)16(20-18)21-22-17(23)12-7-9-14(19)10-8-12/h3-10H,11,19H2,1-2H3,(H,20,21)(H,22,23). The first-order valence-corrected chi connectivity index (χ1v) is 7.55. The van der Waals surface area contributed by atoms with Crippen LogP contribution in [-0.4, -0.2) is 17.3 Å². The van der Waals surface area contributed by atoms with Crippen LogP contribution in [0.1, 0.15) is 35.3 Å². The van der Waals surface area contributed by atoms with E-state index in [4.69, 9.17) is 10.7 Å². The molecule has 5 heteroatoms. The molecular formula is C18H20N4O. The Labute approximate surface area is 135 Å². The Bertz CT molecular complexity index is 763. The second kappa shape index (κ2) is 5.76. The first kappa shape index (κ1) is 15.1. The van der Waals surface area contributed by atoms with Crippen molar-refractivity contribution in [2.45, 2.75) is 25.8 Å². The number of benzene rings is 2. The number of carbonyl (C=O) groups is 1. The fourth-order valence-electron chi connectivity index (χ4n) is 2.69. The summed E-state index contributed by atoms with van der Waals surface area (Å²) in [4.78, 5) is 16.9. The van der Waals surface area contributed by atoms with Gasteiger partial charge in [-0.15, -0.1) is 0 Å². The van der Waals surface area contributed by atoms with Gasteiger partial charge in [-0.05, 0) is 50.1 Å². The summed E-state index contributed by atoms with van der Waals surface area (Å²) in [6.45, 7) is 4.15. The number of hydrogen-bond acceptors (Lipinski definition) is 4. The van der Waals surface area contributed by atoms with E-state index in [-0.39, 0.29) is 11.4 Å². The molecule has 1 aliphatic rings. The fourth-order valence-corrected chi connectivity index (χ4v) is 2.69. The number of nitrogens with two attached hydrogens (primary N) is 1. The van der Waals surface area contributed by atoms with Gasteiger partial charge in [0.15, 0.2) is 0 Å². The maximum atomic E-state index is 12.2. The minimum Gasteiger partial charge on any atom is -0.399 e. The van der Waals surface area contributed by atoms with Crippen molar-refractivity contribution in [3.63, 3.8) is 0 Å². The molecule has 5 nitrogen and oxygen atoms in total. The van der Waals surface area contributed by atoms with Gasteiger partial charge in [0.1, 0.15) is 5.84 Å². The molecule has 1 aliphatic heterocycles. The number of hydrogen-bond donors (Lipinski definition) is 3. The van der Waals surface area contributed by atoms with Crippen LogP contribution < -0.4 is 16.6 Å². The van der Waals surface area contributed by atoms with Crippen molar-refractivity contribution in [1.29, 1.82) is 0 Å². The van der Waals surface area contributed by atoms with Crippen LogP contribution >= 0.6 is 0 Å². The molecule has 0 saturated heterocycles. The van der Waals surface area contributed by atoms with Crippen molar-refractivity contribution in [2.24, 2.45) is 4.99 Å². The van der Waals surface area contributed by atoms with Gasteiger partial charge in [0, 0.05) is 16.8 Å². The molecule has 0 atom stereocenters. The lowest BCUT2D eigenvalue weighted by Crippen LogP contribution is -2.45. The zero-order valence-corrected chi connectivity index (χ0v) is 13.3. The highest BCUT2D eigenvalue weighted by atomic mass is 16.2. The van der Waals surface area contributed by atoms with E-state index in [1.165, 1.54) is 5.56 Å². The van der Waals surface area contributed by atoms with Crippen molar-refractivity contribution in [3.05, 3.63) is 65.2 Å². The third-order valence-electron chi connectivity index (χ3n) is 3.78. The first-order valence-electron chi connectivity index (χ1n) is 7.55. The smallest absolute Gasteiger partial charge is 0.269 e. The maximum Gasteiger partial charge on any atom is 0.269 e. The van der Waals surface area contributed by atoms with E-state index in [9.17, 15) is 4.79 Å².